The van der Waals surface area contributed by atoms with Gasteiger partial charge in [-0.25, -0.2) is 0 Å². The van der Waals surface area contributed by atoms with Crippen LogP contribution in [0.2, 0.25) is 0 Å². The summed E-state index contributed by atoms with van der Waals surface area (Å²) in [6.07, 6.45) is -3.22. The van der Waals surface area contributed by atoms with Gasteiger partial charge in [0, 0.05) is 31.6 Å². The highest BCUT2D eigenvalue weighted by molar-refractivity contribution is 5.77. The number of ether oxygens (including phenoxy) is 1. The minimum Gasteiger partial charge on any atom is -0.379 e. The first-order valence-electron chi connectivity index (χ1n) is 8.31. The van der Waals surface area contributed by atoms with Crippen LogP contribution in [-0.2, 0) is 9.53 Å². The second-order valence-corrected chi connectivity index (χ2v) is 6.78. The van der Waals surface area contributed by atoms with Crippen molar-refractivity contribution in [3.8, 4) is 0 Å². The number of amides is 1. The number of likely N-dealkylation sites (tertiary alicyclic amines) is 1. The van der Waals surface area contributed by atoms with E-state index in [1.807, 2.05) is 6.92 Å². The maximum Gasteiger partial charge on any atom is 0.404 e. The third kappa shape index (κ3) is 3.64. The molecule has 23 heavy (non-hydrogen) atoms. The van der Waals surface area contributed by atoms with Gasteiger partial charge in [-0.15, -0.1) is 0 Å². The lowest BCUT2D eigenvalue weighted by Gasteiger charge is -2.45. The summed E-state index contributed by atoms with van der Waals surface area (Å²) < 4.78 is 45.0. The lowest BCUT2D eigenvalue weighted by Crippen LogP contribution is -2.62. The molecule has 0 aromatic rings. The van der Waals surface area contributed by atoms with Crippen LogP contribution < -0.4 is 5.32 Å². The zero-order valence-corrected chi connectivity index (χ0v) is 13.3. The number of alkyl halides is 3. The van der Waals surface area contributed by atoms with Gasteiger partial charge in [-0.3, -0.25) is 14.6 Å². The molecular formula is C15H24F3N3O2. The third-order valence-electron chi connectivity index (χ3n) is 5.20. The van der Waals surface area contributed by atoms with Crippen molar-refractivity contribution in [1.29, 1.82) is 0 Å². The highest BCUT2D eigenvalue weighted by Crippen LogP contribution is 2.35. The van der Waals surface area contributed by atoms with E-state index in [2.05, 4.69) is 10.2 Å². The molecule has 3 fully saturated rings. The van der Waals surface area contributed by atoms with Crippen LogP contribution >= 0.6 is 0 Å². The van der Waals surface area contributed by atoms with Gasteiger partial charge in [0.05, 0.1) is 19.4 Å². The fourth-order valence-corrected chi connectivity index (χ4v) is 4.13. The quantitative estimate of drug-likeness (QED) is 0.827. The first-order chi connectivity index (χ1) is 10.9. The van der Waals surface area contributed by atoms with Crippen LogP contribution in [-0.4, -0.2) is 72.5 Å². The Morgan fingerprint density at radius 2 is 2.04 bits per heavy atom. The highest BCUT2D eigenvalue weighted by Gasteiger charge is 2.49. The fraction of sp³-hybridized carbons (Fsp3) is 0.933. The maximum absolute atomic E-state index is 13.2. The predicted octanol–water partition coefficient (Wildman–Crippen LogP) is 1.34. The van der Waals surface area contributed by atoms with Gasteiger partial charge in [0.25, 0.3) is 0 Å². The minimum absolute atomic E-state index is 0.0119. The molecule has 132 valence electrons. The number of rotatable bonds is 2. The zero-order chi connectivity index (χ0) is 16.6. The molecule has 3 heterocycles. The number of hydrogen-bond acceptors (Lipinski definition) is 4. The summed E-state index contributed by atoms with van der Waals surface area (Å²) in [5.41, 5.74) is 0. The summed E-state index contributed by atoms with van der Waals surface area (Å²) in [7, 11) is 0. The zero-order valence-electron chi connectivity index (χ0n) is 13.3. The van der Waals surface area contributed by atoms with Crippen molar-refractivity contribution in [2.75, 3.05) is 26.3 Å². The molecule has 3 aliphatic heterocycles. The fourth-order valence-electron chi connectivity index (χ4n) is 4.13. The Bertz CT molecular complexity index is 446. The number of carbonyl (C=O) groups is 1. The van der Waals surface area contributed by atoms with Crippen molar-refractivity contribution in [3.05, 3.63) is 0 Å². The van der Waals surface area contributed by atoms with Crippen LogP contribution in [0.4, 0.5) is 13.2 Å². The number of nitrogens with zero attached hydrogens (tertiary/aromatic N) is 2. The molecule has 0 bridgehead atoms. The molecule has 0 aromatic carbocycles. The first-order valence-corrected chi connectivity index (χ1v) is 8.31. The molecule has 1 amide bonds. The van der Waals surface area contributed by atoms with Gasteiger partial charge in [-0.1, -0.05) is 0 Å². The van der Waals surface area contributed by atoms with Crippen molar-refractivity contribution in [2.45, 2.75) is 63.1 Å². The summed E-state index contributed by atoms with van der Waals surface area (Å²) >= 11 is 0. The first kappa shape index (κ1) is 17.0. The Labute approximate surface area is 134 Å². The summed E-state index contributed by atoms with van der Waals surface area (Å²) in [6, 6.07) is -1.26. The predicted molar refractivity (Wildman–Crippen MR) is 77.7 cm³/mol. The summed E-state index contributed by atoms with van der Waals surface area (Å²) in [5, 5.41) is 2.77. The topological polar surface area (TPSA) is 44.8 Å². The summed E-state index contributed by atoms with van der Waals surface area (Å²) in [4.78, 5) is 15.7. The van der Waals surface area contributed by atoms with Crippen LogP contribution in [0.1, 0.15) is 32.6 Å². The SMILES string of the molecule is C[C@@H]1COCCN1C1CC(=O)NC(N2CCC[C@H]2C(F)(F)F)C1. The van der Waals surface area contributed by atoms with Gasteiger partial charge in [-0.05, 0) is 26.2 Å². The Morgan fingerprint density at radius 1 is 1.26 bits per heavy atom. The monoisotopic (exact) mass is 335 g/mol. The normalized spacial score (nSPS) is 37.8. The molecule has 0 aromatic heterocycles. The Morgan fingerprint density at radius 3 is 2.74 bits per heavy atom. The van der Waals surface area contributed by atoms with Gasteiger partial charge in [0.2, 0.25) is 5.91 Å². The average molecular weight is 335 g/mol. The largest absolute Gasteiger partial charge is 0.404 e. The van der Waals surface area contributed by atoms with E-state index < -0.39 is 18.4 Å². The van der Waals surface area contributed by atoms with Gasteiger partial charge in [-0.2, -0.15) is 13.2 Å². The van der Waals surface area contributed by atoms with Gasteiger partial charge < -0.3 is 10.1 Å². The number of morpholine rings is 1. The molecule has 4 atom stereocenters. The van der Waals surface area contributed by atoms with Crippen molar-refractivity contribution < 1.29 is 22.7 Å². The molecule has 3 saturated heterocycles. The smallest absolute Gasteiger partial charge is 0.379 e. The minimum atomic E-state index is -4.24. The molecule has 8 heteroatoms. The number of piperidine rings is 1. The van der Waals surface area contributed by atoms with Crippen LogP contribution in [0.3, 0.4) is 0 Å². The van der Waals surface area contributed by atoms with Gasteiger partial charge in [0.1, 0.15) is 6.04 Å². The lowest BCUT2D eigenvalue weighted by atomic mass is 9.98. The highest BCUT2D eigenvalue weighted by atomic mass is 19.4. The standard InChI is InChI=1S/C15H24F3N3O2/c1-10-9-23-6-5-20(10)11-7-13(19-14(22)8-11)21-4-2-3-12(21)15(16,17)18/h10-13H,2-9H2,1H3,(H,19,22)/t10-,11?,12+,13?/m1/s1. The van der Waals surface area contributed by atoms with E-state index in [1.165, 1.54) is 4.90 Å². The number of halogens is 3. The maximum atomic E-state index is 13.2. The second kappa shape index (κ2) is 6.57. The molecule has 0 saturated carbocycles. The van der Waals surface area contributed by atoms with Crippen LogP contribution in [0, 0.1) is 0 Å². The van der Waals surface area contributed by atoms with Crippen LogP contribution in [0.5, 0.6) is 0 Å². The van der Waals surface area contributed by atoms with E-state index in [9.17, 15) is 18.0 Å². The second-order valence-electron chi connectivity index (χ2n) is 6.78. The van der Waals surface area contributed by atoms with Crippen LogP contribution in [0.15, 0.2) is 0 Å². The van der Waals surface area contributed by atoms with Crippen molar-refractivity contribution in [3.63, 3.8) is 0 Å². The number of carbonyl (C=O) groups excluding carboxylic acids is 1. The number of nitrogens with one attached hydrogen (secondary N) is 1. The average Bonchev–Trinajstić information content (AvgIpc) is 2.96. The molecule has 3 aliphatic rings. The molecule has 0 radical (unpaired) electrons. The van der Waals surface area contributed by atoms with Gasteiger partial charge >= 0.3 is 6.18 Å². The number of hydrogen-bond donors (Lipinski definition) is 1. The summed E-state index contributed by atoms with van der Waals surface area (Å²) in [6.45, 7) is 4.38. The van der Waals surface area contributed by atoms with E-state index >= 15 is 0 Å². The van der Waals surface area contributed by atoms with E-state index in [4.69, 9.17) is 4.74 Å². The van der Waals surface area contributed by atoms with E-state index in [1.54, 1.807) is 0 Å². The lowest BCUT2D eigenvalue weighted by molar-refractivity contribution is -0.186. The van der Waals surface area contributed by atoms with Crippen LogP contribution in [0.25, 0.3) is 0 Å². The van der Waals surface area contributed by atoms with Crippen molar-refractivity contribution in [1.82, 2.24) is 15.1 Å². The molecule has 2 unspecified atom stereocenters. The Kier molecular flexibility index (Phi) is 4.85. The van der Waals surface area contributed by atoms with Crippen molar-refractivity contribution in [2.24, 2.45) is 0 Å². The van der Waals surface area contributed by atoms with Crippen molar-refractivity contribution >= 4 is 5.91 Å². The molecule has 0 spiro atoms. The Hall–Kier alpha value is -0.860. The molecular weight excluding hydrogens is 311 g/mol. The molecule has 5 nitrogen and oxygen atoms in total. The van der Waals surface area contributed by atoms with E-state index in [0.29, 0.717) is 39.0 Å². The Balaban J connectivity index is 1.71. The molecule has 0 aliphatic carbocycles. The van der Waals surface area contributed by atoms with E-state index in [0.717, 1.165) is 6.54 Å². The van der Waals surface area contributed by atoms with Gasteiger partial charge in [0.15, 0.2) is 0 Å². The summed E-state index contributed by atoms with van der Waals surface area (Å²) in [5.74, 6) is -0.155. The van der Waals surface area contributed by atoms with E-state index in [-0.39, 0.29) is 24.4 Å². The third-order valence-corrected chi connectivity index (χ3v) is 5.20. The molecule has 3 rings (SSSR count). The molecule has 1 N–H and O–H groups in total.